The van der Waals surface area contributed by atoms with Gasteiger partial charge in [-0.1, -0.05) is 6.07 Å². The van der Waals surface area contributed by atoms with E-state index in [0.717, 1.165) is 0 Å². The zero-order valence-corrected chi connectivity index (χ0v) is 8.07. The summed E-state index contributed by atoms with van der Waals surface area (Å²) in [5, 5.41) is 8.08. The Balaban J connectivity index is 0. The molecule has 0 aliphatic rings. The van der Waals surface area contributed by atoms with Gasteiger partial charge in [0.2, 0.25) is 0 Å². The monoisotopic (exact) mass is 167 g/mol. The Morgan fingerprint density at radius 2 is 1.73 bits per heavy atom. The summed E-state index contributed by atoms with van der Waals surface area (Å²) in [6, 6.07) is 1.50. The molecule has 0 aromatic heterocycles. The van der Waals surface area contributed by atoms with Gasteiger partial charge >= 0.3 is 18.9 Å². The second-order valence-corrected chi connectivity index (χ2v) is 5.45. The molecular formula is C6H10LiNO2S. The molecule has 0 aromatic rings. The SMILES string of the molecule is CC(C)(C)S(=O)(=O)[CH-]C#N.[Li+]. The summed E-state index contributed by atoms with van der Waals surface area (Å²) in [4.78, 5) is 0. The van der Waals surface area contributed by atoms with E-state index in [2.05, 4.69) is 0 Å². The Hall–Kier alpha value is -0.0926. The second-order valence-electron chi connectivity index (χ2n) is 2.90. The number of hydrogen-bond acceptors (Lipinski definition) is 3. The van der Waals surface area contributed by atoms with Crippen LogP contribution < -0.4 is 18.9 Å². The summed E-state index contributed by atoms with van der Waals surface area (Å²) in [6.45, 7) is 4.66. The maximum atomic E-state index is 11.0. The van der Waals surface area contributed by atoms with E-state index in [4.69, 9.17) is 5.26 Å². The van der Waals surface area contributed by atoms with Crippen molar-refractivity contribution in [2.75, 3.05) is 0 Å². The van der Waals surface area contributed by atoms with Gasteiger partial charge in [0.05, 0.1) is 9.84 Å². The van der Waals surface area contributed by atoms with E-state index in [9.17, 15) is 8.42 Å². The summed E-state index contributed by atoms with van der Waals surface area (Å²) in [7, 11) is -3.33. The van der Waals surface area contributed by atoms with Crippen molar-refractivity contribution < 1.29 is 27.3 Å². The van der Waals surface area contributed by atoms with Crippen molar-refractivity contribution in [2.45, 2.75) is 25.5 Å². The van der Waals surface area contributed by atoms with E-state index in [-0.39, 0.29) is 18.9 Å². The second kappa shape index (κ2) is 4.06. The number of nitrogens with zero attached hydrogens (tertiary/aromatic N) is 1. The summed E-state index contributed by atoms with van der Waals surface area (Å²) in [5.74, 6) is 0.674. The van der Waals surface area contributed by atoms with E-state index in [0.29, 0.717) is 5.75 Å². The van der Waals surface area contributed by atoms with Crippen LogP contribution in [0.15, 0.2) is 0 Å². The molecule has 58 valence electrons. The number of sulfone groups is 1. The van der Waals surface area contributed by atoms with Gasteiger partial charge < -0.3 is 0 Å². The van der Waals surface area contributed by atoms with Crippen molar-refractivity contribution in [1.29, 1.82) is 5.26 Å². The van der Waals surface area contributed by atoms with E-state index in [1.165, 1.54) is 6.07 Å². The summed E-state index contributed by atoms with van der Waals surface area (Å²) >= 11 is 0. The molecule has 0 unspecified atom stereocenters. The van der Waals surface area contributed by atoms with E-state index in [1.54, 1.807) is 20.8 Å². The maximum absolute atomic E-state index is 11.0. The Kier molecular flexibility index (Phi) is 4.99. The van der Waals surface area contributed by atoms with Crippen molar-refractivity contribution in [3.8, 4) is 6.07 Å². The molecular weight excluding hydrogens is 157 g/mol. The third kappa shape index (κ3) is 3.72. The first kappa shape index (κ1) is 13.5. The van der Waals surface area contributed by atoms with E-state index < -0.39 is 14.6 Å². The van der Waals surface area contributed by atoms with Gasteiger partial charge in [-0.2, -0.15) is 5.75 Å². The van der Waals surface area contributed by atoms with Crippen LogP contribution in [0.25, 0.3) is 0 Å². The fraction of sp³-hybridized carbons (Fsp3) is 0.667. The minimum absolute atomic E-state index is 0. The summed E-state index contributed by atoms with van der Waals surface area (Å²) in [5.41, 5.74) is 0. The molecule has 0 rings (SSSR count). The quantitative estimate of drug-likeness (QED) is 0.331. The van der Waals surface area contributed by atoms with Gasteiger partial charge in [0.25, 0.3) is 0 Å². The molecule has 0 N–H and O–H groups in total. The molecule has 0 heterocycles. The van der Waals surface area contributed by atoms with Crippen LogP contribution >= 0.6 is 0 Å². The van der Waals surface area contributed by atoms with Gasteiger partial charge in [-0.25, -0.2) is 5.26 Å². The average Bonchev–Trinajstić information content (AvgIpc) is 1.61. The van der Waals surface area contributed by atoms with Crippen LogP contribution in [-0.2, 0) is 9.84 Å². The minimum atomic E-state index is -3.33. The number of rotatable bonds is 1. The predicted octanol–water partition coefficient (Wildman–Crippen LogP) is -2.11. The Bertz CT molecular complexity index is 245. The molecule has 0 aromatic carbocycles. The molecule has 11 heavy (non-hydrogen) atoms. The van der Waals surface area contributed by atoms with E-state index >= 15 is 0 Å². The summed E-state index contributed by atoms with van der Waals surface area (Å²) in [6.07, 6.45) is 0. The van der Waals surface area contributed by atoms with Crippen LogP contribution in [0.3, 0.4) is 0 Å². The predicted molar refractivity (Wildman–Crippen MR) is 38.6 cm³/mol. The van der Waals surface area contributed by atoms with Gasteiger partial charge in [0.15, 0.2) is 0 Å². The third-order valence-corrected chi connectivity index (χ3v) is 3.18. The topological polar surface area (TPSA) is 57.9 Å². The van der Waals surface area contributed by atoms with Crippen LogP contribution in [0.5, 0.6) is 0 Å². The molecule has 0 radical (unpaired) electrons. The normalized spacial score (nSPS) is 11.1. The molecule has 0 aliphatic carbocycles. The Morgan fingerprint density at radius 1 is 1.36 bits per heavy atom. The molecule has 0 saturated carbocycles. The van der Waals surface area contributed by atoms with Crippen LogP contribution in [0, 0.1) is 17.1 Å². The Labute approximate surface area is 79.9 Å². The van der Waals surface area contributed by atoms with Crippen molar-refractivity contribution in [1.82, 2.24) is 0 Å². The standard InChI is InChI=1S/C6H10NO2S.Li/c1-6(2,3)10(8,9)5-4-7;/h5H,1-3H3;/q-1;+1. The summed E-state index contributed by atoms with van der Waals surface area (Å²) < 4.78 is 21.1. The minimum Gasteiger partial charge on any atom is -0.258 e. The van der Waals surface area contributed by atoms with Gasteiger partial charge in [0.1, 0.15) is 0 Å². The molecule has 0 fully saturated rings. The zero-order valence-electron chi connectivity index (χ0n) is 7.25. The molecule has 0 atom stereocenters. The maximum Gasteiger partial charge on any atom is 1.00 e. The largest absolute Gasteiger partial charge is 1.00 e. The van der Waals surface area contributed by atoms with Gasteiger partial charge in [-0.05, 0) is 20.8 Å². The van der Waals surface area contributed by atoms with Gasteiger partial charge in [-0.3, -0.25) is 8.42 Å². The van der Waals surface area contributed by atoms with Gasteiger partial charge in [0, 0.05) is 4.75 Å². The number of nitriles is 1. The molecule has 0 bridgehead atoms. The molecule has 0 aliphatic heterocycles. The molecule has 0 amide bonds. The smallest absolute Gasteiger partial charge is 0.258 e. The number of hydrogen-bond donors (Lipinski definition) is 0. The van der Waals surface area contributed by atoms with Crippen molar-refractivity contribution in [2.24, 2.45) is 0 Å². The first-order valence-corrected chi connectivity index (χ1v) is 4.33. The molecule has 0 saturated heterocycles. The fourth-order valence-electron chi connectivity index (χ4n) is 0.246. The van der Waals surface area contributed by atoms with Crippen molar-refractivity contribution >= 4 is 9.84 Å². The van der Waals surface area contributed by atoms with Gasteiger partial charge in [-0.15, -0.1) is 0 Å². The Morgan fingerprint density at radius 3 is 1.82 bits per heavy atom. The van der Waals surface area contributed by atoms with E-state index in [1.807, 2.05) is 0 Å². The fourth-order valence-corrected chi connectivity index (χ4v) is 0.738. The molecule has 5 heteroatoms. The average molecular weight is 167 g/mol. The first-order valence-electron chi connectivity index (χ1n) is 2.79. The van der Waals surface area contributed by atoms with Crippen molar-refractivity contribution in [3.05, 3.63) is 5.75 Å². The first-order chi connectivity index (χ1) is 4.31. The van der Waals surface area contributed by atoms with Crippen LogP contribution in [0.2, 0.25) is 0 Å². The molecule has 3 nitrogen and oxygen atoms in total. The molecule has 0 spiro atoms. The third-order valence-electron chi connectivity index (χ3n) is 1.06. The van der Waals surface area contributed by atoms with Crippen LogP contribution in [0.1, 0.15) is 20.8 Å². The zero-order chi connectivity index (χ0) is 8.41. The van der Waals surface area contributed by atoms with Crippen molar-refractivity contribution in [3.63, 3.8) is 0 Å². The van der Waals surface area contributed by atoms with Crippen LogP contribution in [0.4, 0.5) is 0 Å². The van der Waals surface area contributed by atoms with Crippen LogP contribution in [-0.4, -0.2) is 13.2 Å².